The van der Waals surface area contributed by atoms with Gasteiger partial charge in [-0.05, 0) is 24.1 Å². The predicted molar refractivity (Wildman–Crippen MR) is 105 cm³/mol. The molecule has 3 nitrogen and oxygen atoms in total. The fraction of sp³-hybridized carbons (Fsp3) is 0.0952. The summed E-state index contributed by atoms with van der Waals surface area (Å²) in [6.07, 6.45) is 0. The summed E-state index contributed by atoms with van der Waals surface area (Å²) in [6, 6.07) is 29.0. The van der Waals surface area contributed by atoms with Crippen LogP contribution < -0.4 is 40.8 Å². The van der Waals surface area contributed by atoms with E-state index in [4.69, 9.17) is 17.4 Å². The zero-order chi connectivity index (χ0) is 18.3. The Kier molecular flexibility index (Phi) is 14.9. The number of nitrogens with two attached hydrogens (primary N) is 1. The molecule has 0 saturated carbocycles. The SMILES string of the molecule is Cc1ccccc1.NNCc1ccccc1.O=C(Cl)c1ccccc1.[Na+]. The van der Waals surface area contributed by atoms with E-state index in [9.17, 15) is 4.79 Å². The molecule has 3 N–H and O–H groups in total. The van der Waals surface area contributed by atoms with Gasteiger partial charge >= 0.3 is 29.6 Å². The number of rotatable bonds is 3. The van der Waals surface area contributed by atoms with E-state index in [-0.39, 0.29) is 29.6 Å². The van der Waals surface area contributed by atoms with Crippen LogP contribution in [-0.2, 0) is 6.54 Å². The summed E-state index contributed by atoms with van der Waals surface area (Å²) in [5.74, 6) is 5.11. The summed E-state index contributed by atoms with van der Waals surface area (Å²) in [7, 11) is 0. The van der Waals surface area contributed by atoms with Crippen LogP contribution in [0.15, 0.2) is 91.0 Å². The molecule has 26 heavy (non-hydrogen) atoms. The number of halogens is 1. The van der Waals surface area contributed by atoms with Gasteiger partial charge in [0.05, 0.1) is 0 Å². The van der Waals surface area contributed by atoms with Crippen molar-refractivity contribution in [3.63, 3.8) is 0 Å². The minimum absolute atomic E-state index is 0. The first-order valence-electron chi connectivity index (χ1n) is 7.87. The van der Waals surface area contributed by atoms with Crippen molar-refractivity contribution in [3.05, 3.63) is 108 Å². The molecule has 0 aromatic heterocycles. The summed E-state index contributed by atoms with van der Waals surface area (Å²) in [5, 5.41) is -0.407. The van der Waals surface area contributed by atoms with Crippen LogP contribution in [-0.4, -0.2) is 5.24 Å². The van der Waals surface area contributed by atoms with E-state index in [1.165, 1.54) is 11.1 Å². The summed E-state index contributed by atoms with van der Waals surface area (Å²) in [6.45, 7) is 2.82. The molecular formula is C21H23ClN2NaO+. The number of hydrogen-bond acceptors (Lipinski definition) is 3. The van der Waals surface area contributed by atoms with Crippen molar-refractivity contribution < 1.29 is 34.4 Å². The molecule has 0 atom stereocenters. The number of hydrogen-bond donors (Lipinski definition) is 2. The van der Waals surface area contributed by atoms with E-state index in [0.29, 0.717) is 5.56 Å². The number of hydrazine groups is 1. The van der Waals surface area contributed by atoms with Gasteiger partial charge in [-0.3, -0.25) is 16.1 Å². The molecule has 3 aromatic rings. The van der Waals surface area contributed by atoms with Crippen LogP contribution in [0.3, 0.4) is 0 Å². The van der Waals surface area contributed by atoms with Gasteiger partial charge < -0.3 is 0 Å². The third-order valence-corrected chi connectivity index (χ3v) is 3.31. The number of carbonyl (C=O) groups is 1. The molecule has 0 aliphatic heterocycles. The van der Waals surface area contributed by atoms with Crippen molar-refractivity contribution in [2.75, 3.05) is 0 Å². The van der Waals surface area contributed by atoms with Gasteiger partial charge in [-0.25, -0.2) is 0 Å². The maximum absolute atomic E-state index is 10.4. The normalized spacial score (nSPS) is 8.73. The van der Waals surface area contributed by atoms with Crippen LogP contribution in [0.25, 0.3) is 0 Å². The molecule has 0 unspecified atom stereocenters. The van der Waals surface area contributed by atoms with E-state index in [2.05, 4.69) is 24.5 Å². The fourth-order valence-corrected chi connectivity index (χ4v) is 1.94. The summed E-state index contributed by atoms with van der Waals surface area (Å²) >= 11 is 5.16. The first-order valence-corrected chi connectivity index (χ1v) is 8.25. The number of aryl methyl sites for hydroxylation is 1. The van der Waals surface area contributed by atoms with Crippen LogP contribution in [0.2, 0.25) is 0 Å². The second-order valence-electron chi connectivity index (χ2n) is 5.16. The molecule has 0 spiro atoms. The molecule has 3 aromatic carbocycles. The summed E-state index contributed by atoms with van der Waals surface area (Å²) < 4.78 is 0. The molecule has 0 amide bonds. The van der Waals surface area contributed by atoms with Crippen molar-refractivity contribution in [1.82, 2.24) is 5.43 Å². The van der Waals surface area contributed by atoms with Gasteiger partial charge in [0.2, 0.25) is 0 Å². The Morgan fingerprint density at radius 2 is 1.27 bits per heavy atom. The van der Waals surface area contributed by atoms with Crippen LogP contribution in [0, 0.1) is 6.92 Å². The monoisotopic (exact) mass is 377 g/mol. The average molecular weight is 378 g/mol. The Hall–Kier alpha value is -1.46. The van der Waals surface area contributed by atoms with Gasteiger partial charge in [-0.2, -0.15) is 0 Å². The fourth-order valence-electron chi connectivity index (χ4n) is 1.82. The molecule has 0 radical (unpaired) electrons. The van der Waals surface area contributed by atoms with Crippen molar-refractivity contribution in [3.8, 4) is 0 Å². The molecular weight excluding hydrogens is 355 g/mol. The topological polar surface area (TPSA) is 55.1 Å². The van der Waals surface area contributed by atoms with Crippen LogP contribution >= 0.6 is 11.6 Å². The van der Waals surface area contributed by atoms with Crippen LogP contribution in [0.4, 0.5) is 0 Å². The molecule has 0 bridgehead atoms. The Labute approximate surface area is 182 Å². The van der Waals surface area contributed by atoms with E-state index in [0.717, 1.165) is 6.54 Å². The third-order valence-electron chi connectivity index (χ3n) is 3.09. The van der Waals surface area contributed by atoms with Gasteiger partial charge in [0, 0.05) is 12.1 Å². The zero-order valence-electron chi connectivity index (χ0n) is 15.2. The molecule has 0 heterocycles. The van der Waals surface area contributed by atoms with Crippen molar-refractivity contribution >= 4 is 16.8 Å². The summed E-state index contributed by atoms with van der Waals surface area (Å²) in [5.41, 5.74) is 5.65. The molecule has 0 saturated heterocycles. The Morgan fingerprint density at radius 1 is 0.846 bits per heavy atom. The largest absolute Gasteiger partial charge is 1.00 e. The van der Waals surface area contributed by atoms with Crippen LogP contribution in [0.1, 0.15) is 21.5 Å². The van der Waals surface area contributed by atoms with E-state index in [1.807, 2.05) is 54.6 Å². The Bertz CT molecular complexity index is 710. The van der Waals surface area contributed by atoms with Crippen molar-refractivity contribution in [2.45, 2.75) is 13.5 Å². The second-order valence-corrected chi connectivity index (χ2v) is 5.50. The molecule has 3 rings (SSSR count). The van der Waals surface area contributed by atoms with Crippen LogP contribution in [0.5, 0.6) is 0 Å². The summed E-state index contributed by atoms with van der Waals surface area (Å²) in [4.78, 5) is 10.4. The average Bonchev–Trinajstić information content (AvgIpc) is 2.65. The van der Waals surface area contributed by atoms with Gasteiger partial charge in [0.25, 0.3) is 5.24 Å². The molecule has 0 fully saturated rings. The Balaban J connectivity index is 0.000000357. The first-order chi connectivity index (χ1) is 12.1. The van der Waals surface area contributed by atoms with E-state index < -0.39 is 5.24 Å². The Morgan fingerprint density at radius 3 is 1.58 bits per heavy atom. The van der Waals surface area contributed by atoms with Gasteiger partial charge in [0.1, 0.15) is 0 Å². The predicted octanol–water partition coefficient (Wildman–Crippen LogP) is 1.71. The molecule has 0 aliphatic rings. The number of benzene rings is 3. The quantitative estimate of drug-likeness (QED) is 0.316. The smallest absolute Gasteiger partial charge is 0.276 e. The zero-order valence-corrected chi connectivity index (χ0v) is 18.0. The molecule has 130 valence electrons. The minimum atomic E-state index is -0.407. The van der Waals surface area contributed by atoms with E-state index >= 15 is 0 Å². The standard InChI is InChI=1S/C7H5ClO.C7H10N2.C7H8.Na/c8-7(9)6-4-2-1-3-5-6;8-9-6-7-4-2-1-3-5-7;1-7-5-3-2-4-6-7;/h1-5H;1-5,9H,6,8H2;2-6H,1H3;/q;;;+1. The second kappa shape index (κ2) is 15.8. The number of carbonyl (C=O) groups excluding carboxylic acids is 1. The first kappa shape index (κ1) is 24.5. The van der Waals surface area contributed by atoms with Crippen molar-refractivity contribution in [2.24, 2.45) is 5.84 Å². The molecule has 0 aliphatic carbocycles. The van der Waals surface area contributed by atoms with Gasteiger partial charge in [-0.1, -0.05) is 96.6 Å². The maximum atomic E-state index is 10.4. The third kappa shape index (κ3) is 12.0. The maximum Gasteiger partial charge on any atom is 1.00 e. The number of nitrogens with one attached hydrogen (secondary N) is 1. The van der Waals surface area contributed by atoms with E-state index in [1.54, 1.807) is 24.3 Å². The minimum Gasteiger partial charge on any atom is -0.276 e. The van der Waals surface area contributed by atoms with Gasteiger partial charge in [0.15, 0.2) is 0 Å². The van der Waals surface area contributed by atoms with Crippen molar-refractivity contribution in [1.29, 1.82) is 0 Å². The van der Waals surface area contributed by atoms with Gasteiger partial charge in [-0.15, -0.1) is 0 Å². The molecule has 5 heteroatoms.